The fourth-order valence-electron chi connectivity index (χ4n) is 1.63. The Morgan fingerprint density at radius 2 is 2.17 bits per heavy atom. The molecule has 98 valence electrons. The molecule has 2 rings (SSSR count). The second-order valence-corrected chi connectivity index (χ2v) is 5.82. The minimum absolute atomic E-state index is 0.263. The summed E-state index contributed by atoms with van der Waals surface area (Å²) in [6.45, 7) is 9.77. The molecular weight excluding hydrogens is 226 g/mol. The first-order valence-corrected chi connectivity index (χ1v) is 6.21. The predicted molar refractivity (Wildman–Crippen MR) is 74.5 cm³/mol. The van der Waals surface area contributed by atoms with Crippen LogP contribution in [0, 0.1) is 11.3 Å². The number of nitrogens with zero attached hydrogens (tertiary/aromatic N) is 3. The van der Waals surface area contributed by atoms with Crippen molar-refractivity contribution < 1.29 is 0 Å². The SMILES string of the molecule is CC(CNc1nc(N)cn2ccnc12)C(C)(C)C. The molecule has 1 atom stereocenters. The number of nitrogens with two attached hydrogens (primary N) is 1. The van der Waals surface area contributed by atoms with Crippen LogP contribution < -0.4 is 11.1 Å². The van der Waals surface area contributed by atoms with Gasteiger partial charge in [-0.25, -0.2) is 9.97 Å². The van der Waals surface area contributed by atoms with Crippen LogP contribution in [0.1, 0.15) is 27.7 Å². The molecule has 0 saturated carbocycles. The fraction of sp³-hybridized carbons (Fsp3) is 0.538. The zero-order chi connectivity index (χ0) is 13.3. The van der Waals surface area contributed by atoms with Crippen LogP contribution in [0.4, 0.5) is 11.6 Å². The summed E-state index contributed by atoms with van der Waals surface area (Å²) in [6, 6.07) is 0. The lowest BCUT2D eigenvalue weighted by atomic mass is 9.82. The smallest absolute Gasteiger partial charge is 0.180 e. The van der Waals surface area contributed by atoms with E-state index in [1.807, 2.05) is 10.6 Å². The number of rotatable bonds is 3. The molecule has 0 aliphatic heterocycles. The van der Waals surface area contributed by atoms with Gasteiger partial charge in [0.05, 0.1) is 6.20 Å². The van der Waals surface area contributed by atoms with Gasteiger partial charge in [-0.2, -0.15) is 0 Å². The quantitative estimate of drug-likeness (QED) is 0.874. The summed E-state index contributed by atoms with van der Waals surface area (Å²) in [5, 5.41) is 3.35. The van der Waals surface area contributed by atoms with Crippen LogP contribution in [0.5, 0.6) is 0 Å². The van der Waals surface area contributed by atoms with Crippen LogP contribution in [0.3, 0.4) is 0 Å². The van der Waals surface area contributed by atoms with E-state index in [1.54, 1.807) is 12.4 Å². The van der Waals surface area contributed by atoms with Crippen molar-refractivity contribution in [1.29, 1.82) is 0 Å². The number of imidazole rings is 1. The molecule has 0 aliphatic rings. The summed E-state index contributed by atoms with van der Waals surface area (Å²) in [4.78, 5) is 8.59. The third-order valence-corrected chi connectivity index (χ3v) is 3.45. The lowest BCUT2D eigenvalue weighted by molar-refractivity contribution is 0.274. The Morgan fingerprint density at radius 1 is 1.44 bits per heavy atom. The van der Waals surface area contributed by atoms with E-state index in [4.69, 9.17) is 5.73 Å². The van der Waals surface area contributed by atoms with Gasteiger partial charge in [-0.05, 0) is 11.3 Å². The highest BCUT2D eigenvalue weighted by atomic mass is 15.1. The number of fused-ring (bicyclic) bond motifs is 1. The maximum atomic E-state index is 5.78. The Bertz CT molecular complexity index is 538. The molecule has 0 bridgehead atoms. The van der Waals surface area contributed by atoms with Crippen molar-refractivity contribution in [1.82, 2.24) is 14.4 Å². The monoisotopic (exact) mass is 247 g/mol. The maximum Gasteiger partial charge on any atom is 0.180 e. The minimum atomic E-state index is 0.263. The zero-order valence-electron chi connectivity index (χ0n) is 11.4. The standard InChI is InChI=1S/C13H21N5/c1-9(13(2,3)4)7-16-11-12-15-5-6-18(12)8-10(14)17-11/h5-6,8-9H,7,14H2,1-4H3,(H,16,17). The van der Waals surface area contributed by atoms with E-state index in [9.17, 15) is 0 Å². The van der Waals surface area contributed by atoms with Gasteiger partial charge in [0.1, 0.15) is 5.82 Å². The van der Waals surface area contributed by atoms with Crippen LogP contribution in [0.25, 0.3) is 5.65 Å². The molecule has 0 aromatic carbocycles. The third kappa shape index (κ3) is 2.55. The molecule has 3 N–H and O–H groups in total. The van der Waals surface area contributed by atoms with Crippen molar-refractivity contribution in [3.8, 4) is 0 Å². The molecular formula is C13H21N5. The lowest BCUT2D eigenvalue weighted by Crippen LogP contribution is -2.25. The van der Waals surface area contributed by atoms with Gasteiger partial charge in [-0.1, -0.05) is 27.7 Å². The summed E-state index contributed by atoms with van der Waals surface area (Å²) in [5.74, 6) is 1.76. The average Bonchev–Trinajstić information content (AvgIpc) is 2.71. The van der Waals surface area contributed by atoms with E-state index in [0.717, 1.165) is 18.0 Å². The fourth-order valence-corrected chi connectivity index (χ4v) is 1.63. The van der Waals surface area contributed by atoms with Crippen LogP contribution >= 0.6 is 0 Å². The van der Waals surface area contributed by atoms with Gasteiger partial charge >= 0.3 is 0 Å². The Kier molecular flexibility index (Phi) is 3.15. The summed E-state index contributed by atoms with van der Waals surface area (Å²) >= 11 is 0. The minimum Gasteiger partial charge on any atom is -0.382 e. The van der Waals surface area contributed by atoms with E-state index in [0.29, 0.717) is 11.7 Å². The summed E-state index contributed by atoms with van der Waals surface area (Å²) in [7, 11) is 0. The number of hydrogen-bond acceptors (Lipinski definition) is 4. The van der Waals surface area contributed by atoms with Crippen molar-refractivity contribution in [3.63, 3.8) is 0 Å². The normalized spacial score (nSPS) is 13.8. The highest BCUT2D eigenvalue weighted by molar-refractivity contribution is 5.64. The zero-order valence-corrected chi connectivity index (χ0v) is 11.4. The second kappa shape index (κ2) is 4.48. The Labute approximate surface area is 107 Å². The molecule has 1 unspecified atom stereocenters. The number of nitrogens with one attached hydrogen (secondary N) is 1. The second-order valence-electron chi connectivity index (χ2n) is 5.82. The van der Waals surface area contributed by atoms with E-state index >= 15 is 0 Å². The van der Waals surface area contributed by atoms with Gasteiger partial charge in [-0.3, -0.25) is 0 Å². The molecule has 2 aromatic rings. The van der Waals surface area contributed by atoms with Gasteiger partial charge in [0.15, 0.2) is 11.5 Å². The van der Waals surface area contributed by atoms with E-state index in [-0.39, 0.29) is 5.41 Å². The first-order valence-electron chi connectivity index (χ1n) is 6.21. The molecule has 5 heteroatoms. The van der Waals surface area contributed by atoms with E-state index in [1.165, 1.54) is 0 Å². The van der Waals surface area contributed by atoms with Gasteiger partial charge in [0, 0.05) is 18.9 Å². The summed E-state index contributed by atoms with van der Waals surface area (Å²) < 4.78 is 1.88. The predicted octanol–water partition coefficient (Wildman–Crippen LogP) is 2.41. The van der Waals surface area contributed by atoms with Crippen molar-refractivity contribution in [3.05, 3.63) is 18.6 Å². The van der Waals surface area contributed by atoms with Crippen molar-refractivity contribution in [2.75, 3.05) is 17.6 Å². The number of nitrogen functional groups attached to an aromatic ring is 1. The molecule has 0 saturated heterocycles. The van der Waals surface area contributed by atoms with E-state index in [2.05, 4.69) is 43.0 Å². The lowest BCUT2D eigenvalue weighted by Gasteiger charge is -2.27. The third-order valence-electron chi connectivity index (χ3n) is 3.45. The number of hydrogen-bond donors (Lipinski definition) is 2. The number of anilines is 2. The van der Waals surface area contributed by atoms with E-state index < -0.39 is 0 Å². The molecule has 0 amide bonds. The van der Waals surface area contributed by atoms with Crippen molar-refractivity contribution in [2.24, 2.45) is 11.3 Å². The maximum absolute atomic E-state index is 5.78. The van der Waals surface area contributed by atoms with Gasteiger partial charge in [0.25, 0.3) is 0 Å². The molecule has 0 fully saturated rings. The Hall–Kier alpha value is -1.78. The number of aromatic nitrogens is 3. The molecule has 5 nitrogen and oxygen atoms in total. The van der Waals surface area contributed by atoms with Gasteiger partial charge in [-0.15, -0.1) is 0 Å². The molecule has 18 heavy (non-hydrogen) atoms. The van der Waals surface area contributed by atoms with Gasteiger partial charge < -0.3 is 15.5 Å². The average molecular weight is 247 g/mol. The van der Waals surface area contributed by atoms with Crippen LogP contribution in [0.15, 0.2) is 18.6 Å². The molecule has 2 aromatic heterocycles. The Balaban J connectivity index is 2.19. The molecule has 0 aliphatic carbocycles. The van der Waals surface area contributed by atoms with Crippen molar-refractivity contribution >= 4 is 17.3 Å². The first kappa shape index (κ1) is 12.7. The molecule has 0 spiro atoms. The van der Waals surface area contributed by atoms with Gasteiger partial charge in [0.2, 0.25) is 0 Å². The first-order chi connectivity index (χ1) is 8.38. The summed E-state index contributed by atoms with van der Waals surface area (Å²) in [5.41, 5.74) is 6.85. The summed E-state index contributed by atoms with van der Waals surface area (Å²) in [6.07, 6.45) is 5.38. The largest absolute Gasteiger partial charge is 0.382 e. The molecule has 0 radical (unpaired) electrons. The van der Waals surface area contributed by atoms with Crippen LogP contribution in [-0.4, -0.2) is 20.9 Å². The highest BCUT2D eigenvalue weighted by Crippen LogP contribution is 2.25. The Morgan fingerprint density at radius 3 is 2.83 bits per heavy atom. The topological polar surface area (TPSA) is 68.2 Å². The van der Waals surface area contributed by atoms with Crippen LogP contribution in [-0.2, 0) is 0 Å². The van der Waals surface area contributed by atoms with Crippen molar-refractivity contribution in [2.45, 2.75) is 27.7 Å². The molecule has 2 heterocycles. The highest BCUT2D eigenvalue weighted by Gasteiger charge is 2.20. The van der Waals surface area contributed by atoms with Crippen LogP contribution in [0.2, 0.25) is 0 Å².